The molecule has 0 saturated carbocycles. The van der Waals surface area contributed by atoms with Crippen molar-refractivity contribution in [1.82, 2.24) is 0 Å². The molecule has 0 bridgehead atoms. The zero-order valence-electron chi connectivity index (χ0n) is 8.15. The molecule has 1 rings (SSSR count). The maximum absolute atomic E-state index is 6.07. The first-order valence-electron chi connectivity index (χ1n) is 4.14. The normalized spacial score (nSPS) is 10.2. The van der Waals surface area contributed by atoms with Crippen molar-refractivity contribution in [3.8, 4) is 5.75 Å². The van der Waals surface area contributed by atoms with Gasteiger partial charge >= 0.3 is 0 Å². The molecule has 0 aliphatic carbocycles. The molecule has 0 saturated heterocycles. The van der Waals surface area contributed by atoms with Crippen LogP contribution in [0.2, 0.25) is 5.02 Å². The number of rotatable bonds is 2. The van der Waals surface area contributed by atoms with E-state index in [-0.39, 0.29) is 0 Å². The molecule has 0 radical (unpaired) electrons. The van der Waals surface area contributed by atoms with Crippen LogP contribution in [0.1, 0.15) is 16.7 Å². The van der Waals surface area contributed by atoms with E-state index >= 15 is 0 Å². The number of aryl methyl sites for hydroxylation is 1. The maximum atomic E-state index is 6.07. The molecular formula is C10H14ClNO. The van der Waals surface area contributed by atoms with Gasteiger partial charge in [-0.1, -0.05) is 11.6 Å². The minimum atomic E-state index is 0.515. The molecule has 0 unspecified atom stereocenters. The molecule has 2 nitrogen and oxygen atoms in total. The lowest BCUT2D eigenvalue weighted by Gasteiger charge is -2.12. The summed E-state index contributed by atoms with van der Waals surface area (Å²) < 4.78 is 5.13. The first-order chi connectivity index (χ1) is 6.11. The molecule has 0 aromatic heterocycles. The van der Waals surface area contributed by atoms with Gasteiger partial charge in [-0.3, -0.25) is 0 Å². The van der Waals surface area contributed by atoms with Gasteiger partial charge in [0.1, 0.15) is 5.75 Å². The molecule has 1 aromatic rings. The second-order valence-electron chi connectivity index (χ2n) is 3.02. The van der Waals surface area contributed by atoms with E-state index in [0.29, 0.717) is 17.3 Å². The maximum Gasteiger partial charge on any atom is 0.138 e. The fraction of sp³-hybridized carbons (Fsp3) is 0.400. The number of ether oxygens (including phenoxy) is 1. The summed E-state index contributed by atoms with van der Waals surface area (Å²) >= 11 is 6.07. The van der Waals surface area contributed by atoms with Crippen LogP contribution < -0.4 is 10.5 Å². The van der Waals surface area contributed by atoms with Gasteiger partial charge in [-0.25, -0.2) is 0 Å². The monoisotopic (exact) mass is 199 g/mol. The van der Waals surface area contributed by atoms with Crippen LogP contribution >= 0.6 is 11.6 Å². The van der Waals surface area contributed by atoms with Crippen molar-refractivity contribution in [3.05, 3.63) is 27.8 Å². The molecular weight excluding hydrogens is 186 g/mol. The lowest BCUT2D eigenvalue weighted by molar-refractivity contribution is 0.414. The summed E-state index contributed by atoms with van der Waals surface area (Å²) in [6.45, 7) is 4.48. The average Bonchev–Trinajstić information content (AvgIpc) is 2.12. The van der Waals surface area contributed by atoms with Gasteiger partial charge in [0.2, 0.25) is 0 Å². The second-order valence-corrected chi connectivity index (χ2v) is 3.40. The third-order valence-electron chi connectivity index (χ3n) is 2.25. The third-order valence-corrected chi connectivity index (χ3v) is 2.72. The Hall–Kier alpha value is -0.730. The summed E-state index contributed by atoms with van der Waals surface area (Å²) in [4.78, 5) is 0. The van der Waals surface area contributed by atoms with E-state index < -0.39 is 0 Å². The number of hydrogen-bond donors (Lipinski definition) is 1. The summed E-state index contributed by atoms with van der Waals surface area (Å²) in [5.41, 5.74) is 8.86. The Morgan fingerprint density at radius 2 is 2.08 bits per heavy atom. The minimum absolute atomic E-state index is 0.515. The van der Waals surface area contributed by atoms with Crippen molar-refractivity contribution in [2.75, 3.05) is 7.11 Å². The third kappa shape index (κ3) is 1.79. The van der Waals surface area contributed by atoms with E-state index in [4.69, 9.17) is 22.1 Å². The summed E-state index contributed by atoms with van der Waals surface area (Å²) in [5, 5.41) is 0.661. The van der Waals surface area contributed by atoms with Crippen molar-refractivity contribution in [1.29, 1.82) is 0 Å². The highest BCUT2D eigenvalue weighted by Crippen LogP contribution is 2.32. The minimum Gasteiger partial charge on any atom is -0.495 e. The highest BCUT2D eigenvalue weighted by atomic mass is 35.5. The van der Waals surface area contributed by atoms with Gasteiger partial charge in [0.25, 0.3) is 0 Å². The van der Waals surface area contributed by atoms with Gasteiger partial charge in [-0.05, 0) is 36.6 Å². The highest BCUT2D eigenvalue weighted by molar-refractivity contribution is 6.33. The predicted octanol–water partition coefficient (Wildman–Crippen LogP) is 2.42. The first kappa shape index (κ1) is 10.4. The van der Waals surface area contributed by atoms with Crippen LogP contribution in [-0.4, -0.2) is 7.11 Å². The van der Waals surface area contributed by atoms with Gasteiger partial charge in [-0.2, -0.15) is 0 Å². The second kappa shape index (κ2) is 3.99. The van der Waals surface area contributed by atoms with E-state index in [1.54, 1.807) is 7.11 Å². The first-order valence-corrected chi connectivity index (χ1v) is 4.52. The van der Waals surface area contributed by atoms with Crippen molar-refractivity contribution >= 4 is 11.6 Å². The SMILES string of the molecule is COc1cc(C)c(CN)c(C)c1Cl. The fourth-order valence-electron chi connectivity index (χ4n) is 1.42. The van der Waals surface area contributed by atoms with E-state index in [2.05, 4.69) is 0 Å². The molecule has 0 fully saturated rings. The quantitative estimate of drug-likeness (QED) is 0.794. The topological polar surface area (TPSA) is 35.2 Å². The number of methoxy groups -OCH3 is 1. The molecule has 0 amide bonds. The molecule has 0 heterocycles. The summed E-state index contributed by atoms with van der Waals surface area (Å²) in [7, 11) is 1.61. The lowest BCUT2D eigenvalue weighted by Crippen LogP contribution is -2.03. The molecule has 2 N–H and O–H groups in total. The van der Waals surface area contributed by atoms with Crippen molar-refractivity contribution in [2.24, 2.45) is 5.73 Å². The standard InChI is InChI=1S/C10H14ClNO/c1-6-4-9(13-3)10(11)7(2)8(6)5-12/h4H,5,12H2,1-3H3. The highest BCUT2D eigenvalue weighted by Gasteiger charge is 2.10. The van der Waals surface area contributed by atoms with Crippen LogP contribution in [0.5, 0.6) is 5.75 Å². The molecule has 13 heavy (non-hydrogen) atoms. The average molecular weight is 200 g/mol. The Morgan fingerprint density at radius 1 is 1.46 bits per heavy atom. The molecule has 0 aliphatic heterocycles. The largest absolute Gasteiger partial charge is 0.495 e. The summed E-state index contributed by atoms with van der Waals surface area (Å²) in [6.07, 6.45) is 0. The van der Waals surface area contributed by atoms with Crippen LogP contribution in [0, 0.1) is 13.8 Å². The van der Waals surface area contributed by atoms with Crippen LogP contribution in [0.3, 0.4) is 0 Å². The number of hydrogen-bond acceptors (Lipinski definition) is 2. The Kier molecular flexibility index (Phi) is 3.17. The summed E-state index contributed by atoms with van der Waals surface area (Å²) in [5.74, 6) is 0.717. The molecule has 0 atom stereocenters. The van der Waals surface area contributed by atoms with Gasteiger partial charge in [0, 0.05) is 6.54 Å². The van der Waals surface area contributed by atoms with Gasteiger partial charge in [0.15, 0.2) is 0 Å². The molecule has 0 aliphatic rings. The predicted molar refractivity (Wildman–Crippen MR) is 55.4 cm³/mol. The van der Waals surface area contributed by atoms with Crippen LogP contribution in [0.4, 0.5) is 0 Å². The molecule has 3 heteroatoms. The van der Waals surface area contributed by atoms with Crippen LogP contribution in [-0.2, 0) is 6.54 Å². The Labute approximate surface area is 83.6 Å². The van der Waals surface area contributed by atoms with Crippen LogP contribution in [0.15, 0.2) is 6.07 Å². The molecule has 72 valence electrons. The van der Waals surface area contributed by atoms with Gasteiger partial charge < -0.3 is 10.5 Å². The fourth-order valence-corrected chi connectivity index (χ4v) is 1.67. The Balaban J connectivity index is 3.37. The zero-order valence-corrected chi connectivity index (χ0v) is 8.90. The van der Waals surface area contributed by atoms with Crippen molar-refractivity contribution < 1.29 is 4.74 Å². The number of benzene rings is 1. The molecule has 0 spiro atoms. The van der Waals surface area contributed by atoms with Crippen molar-refractivity contribution in [3.63, 3.8) is 0 Å². The lowest BCUT2D eigenvalue weighted by atomic mass is 10.0. The number of nitrogens with two attached hydrogens (primary N) is 1. The van der Waals surface area contributed by atoms with Gasteiger partial charge in [0.05, 0.1) is 12.1 Å². The van der Waals surface area contributed by atoms with E-state index in [0.717, 1.165) is 16.7 Å². The van der Waals surface area contributed by atoms with Gasteiger partial charge in [-0.15, -0.1) is 0 Å². The van der Waals surface area contributed by atoms with E-state index in [1.807, 2.05) is 19.9 Å². The molecule has 1 aromatic carbocycles. The van der Waals surface area contributed by atoms with E-state index in [9.17, 15) is 0 Å². The smallest absolute Gasteiger partial charge is 0.138 e. The Morgan fingerprint density at radius 3 is 2.54 bits per heavy atom. The number of halogens is 1. The van der Waals surface area contributed by atoms with Crippen LogP contribution in [0.25, 0.3) is 0 Å². The summed E-state index contributed by atoms with van der Waals surface area (Å²) in [6, 6.07) is 1.91. The zero-order chi connectivity index (χ0) is 10.0. The Bertz CT molecular complexity index is 323. The van der Waals surface area contributed by atoms with Crippen molar-refractivity contribution in [2.45, 2.75) is 20.4 Å². The van der Waals surface area contributed by atoms with E-state index in [1.165, 1.54) is 0 Å².